The predicted octanol–water partition coefficient (Wildman–Crippen LogP) is 4.42. The van der Waals surface area contributed by atoms with Crippen LogP contribution >= 0.6 is 0 Å². The van der Waals surface area contributed by atoms with Gasteiger partial charge in [0.2, 0.25) is 0 Å². The number of hydrogen-bond acceptors (Lipinski definition) is 2. The van der Waals surface area contributed by atoms with Gasteiger partial charge in [0.1, 0.15) is 11.9 Å². The summed E-state index contributed by atoms with van der Waals surface area (Å²) < 4.78 is 6.08. The third-order valence-corrected chi connectivity index (χ3v) is 3.70. The molecule has 2 nitrogen and oxygen atoms in total. The molecule has 0 radical (unpaired) electrons. The Morgan fingerprint density at radius 1 is 0.950 bits per heavy atom. The van der Waals surface area contributed by atoms with Crippen LogP contribution in [0.3, 0.4) is 0 Å². The molecule has 0 aromatic heterocycles. The highest BCUT2D eigenvalue weighted by Gasteiger charge is 2.10. The summed E-state index contributed by atoms with van der Waals surface area (Å²) >= 11 is 0. The molecule has 2 rings (SSSR count). The summed E-state index contributed by atoms with van der Waals surface area (Å²) in [4.78, 5) is 0. The van der Waals surface area contributed by atoms with Crippen molar-refractivity contribution in [2.45, 2.75) is 32.9 Å². The van der Waals surface area contributed by atoms with Crippen LogP contribution in [0, 0.1) is 6.92 Å². The number of rotatable bonds is 5. The fourth-order valence-electron chi connectivity index (χ4n) is 2.22. The summed E-state index contributed by atoms with van der Waals surface area (Å²) in [7, 11) is 1.97. The van der Waals surface area contributed by atoms with Crippen LogP contribution in [-0.2, 0) is 0 Å². The smallest absolute Gasteiger partial charge is 0.123 e. The van der Waals surface area contributed by atoms with Gasteiger partial charge < -0.3 is 10.1 Å². The Labute approximate surface area is 121 Å². The molecule has 0 bridgehead atoms. The van der Waals surface area contributed by atoms with Crippen molar-refractivity contribution < 1.29 is 4.74 Å². The van der Waals surface area contributed by atoms with Crippen LogP contribution < -0.4 is 10.1 Å². The van der Waals surface area contributed by atoms with Gasteiger partial charge in [0, 0.05) is 6.04 Å². The molecule has 0 aliphatic heterocycles. The van der Waals surface area contributed by atoms with E-state index in [2.05, 4.69) is 56.4 Å². The highest BCUT2D eigenvalue weighted by Crippen LogP contribution is 2.27. The summed E-state index contributed by atoms with van der Waals surface area (Å²) in [5.41, 5.74) is 3.65. The largest absolute Gasteiger partial charge is 0.486 e. The number of ether oxygens (including phenoxy) is 1. The van der Waals surface area contributed by atoms with Crippen molar-refractivity contribution in [3.8, 4) is 5.75 Å². The second-order valence-electron chi connectivity index (χ2n) is 5.21. The lowest BCUT2D eigenvalue weighted by Gasteiger charge is -2.18. The number of nitrogens with one attached hydrogen (secondary N) is 1. The van der Waals surface area contributed by atoms with Crippen LogP contribution in [0.1, 0.15) is 42.7 Å². The molecule has 0 aliphatic rings. The monoisotopic (exact) mass is 269 g/mol. The number of benzene rings is 2. The Morgan fingerprint density at radius 2 is 1.65 bits per heavy atom. The van der Waals surface area contributed by atoms with Gasteiger partial charge in [-0.1, -0.05) is 42.5 Å². The highest BCUT2D eigenvalue weighted by molar-refractivity contribution is 5.38. The topological polar surface area (TPSA) is 21.3 Å². The number of hydrogen-bond donors (Lipinski definition) is 1. The van der Waals surface area contributed by atoms with E-state index in [1.807, 2.05) is 25.2 Å². The second-order valence-corrected chi connectivity index (χ2v) is 5.21. The van der Waals surface area contributed by atoms with Crippen molar-refractivity contribution in [2.75, 3.05) is 7.05 Å². The molecule has 2 aromatic carbocycles. The first-order valence-corrected chi connectivity index (χ1v) is 7.11. The molecule has 0 spiro atoms. The minimum absolute atomic E-state index is 0.0578. The zero-order chi connectivity index (χ0) is 14.5. The van der Waals surface area contributed by atoms with Gasteiger partial charge in [-0.2, -0.15) is 0 Å². The lowest BCUT2D eigenvalue weighted by atomic mass is 10.0. The zero-order valence-electron chi connectivity index (χ0n) is 12.7. The fourth-order valence-corrected chi connectivity index (χ4v) is 2.22. The maximum atomic E-state index is 6.08. The van der Waals surface area contributed by atoms with E-state index >= 15 is 0 Å². The molecule has 0 saturated carbocycles. The van der Waals surface area contributed by atoms with Crippen LogP contribution in [0.15, 0.2) is 48.5 Å². The van der Waals surface area contributed by atoms with Crippen molar-refractivity contribution in [3.05, 3.63) is 65.2 Å². The van der Waals surface area contributed by atoms with Gasteiger partial charge in [-0.3, -0.25) is 0 Å². The van der Waals surface area contributed by atoms with Crippen molar-refractivity contribution in [2.24, 2.45) is 0 Å². The van der Waals surface area contributed by atoms with E-state index < -0.39 is 0 Å². The Balaban J connectivity index is 2.14. The third kappa shape index (κ3) is 3.40. The van der Waals surface area contributed by atoms with Crippen molar-refractivity contribution >= 4 is 0 Å². The van der Waals surface area contributed by atoms with Crippen molar-refractivity contribution in [1.29, 1.82) is 0 Å². The van der Waals surface area contributed by atoms with Gasteiger partial charge in [-0.25, -0.2) is 0 Å². The van der Waals surface area contributed by atoms with Crippen LogP contribution in [0.5, 0.6) is 5.75 Å². The molecule has 2 unspecified atom stereocenters. The van der Waals surface area contributed by atoms with Crippen LogP contribution in [-0.4, -0.2) is 7.05 Å². The maximum Gasteiger partial charge on any atom is 0.123 e. The third-order valence-electron chi connectivity index (χ3n) is 3.70. The predicted molar refractivity (Wildman–Crippen MR) is 84.1 cm³/mol. The maximum absolute atomic E-state index is 6.08. The lowest BCUT2D eigenvalue weighted by molar-refractivity contribution is 0.225. The minimum atomic E-state index is 0.0578. The first-order chi connectivity index (χ1) is 9.61. The quantitative estimate of drug-likeness (QED) is 0.867. The van der Waals surface area contributed by atoms with Gasteiger partial charge in [-0.05, 0) is 50.6 Å². The molecule has 1 N–H and O–H groups in total. The van der Waals surface area contributed by atoms with Crippen LogP contribution in [0.2, 0.25) is 0 Å². The molecule has 2 heteroatoms. The molecule has 0 heterocycles. The van der Waals surface area contributed by atoms with Gasteiger partial charge in [0.05, 0.1) is 0 Å². The molecule has 0 fully saturated rings. The van der Waals surface area contributed by atoms with E-state index in [0.29, 0.717) is 6.04 Å². The number of aryl methyl sites for hydroxylation is 1. The zero-order valence-corrected chi connectivity index (χ0v) is 12.7. The highest BCUT2D eigenvalue weighted by atomic mass is 16.5. The summed E-state index contributed by atoms with van der Waals surface area (Å²) in [6.07, 6.45) is 0.0578. The van der Waals surface area contributed by atoms with E-state index in [-0.39, 0.29) is 6.10 Å². The molecule has 0 aliphatic carbocycles. The average Bonchev–Trinajstić information content (AvgIpc) is 2.49. The first kappa shape index (κ1) is 14.6. The van der Waals surface area contributed by atoms with Crippen LogP contribution in [0.25, 0.3) is 0 Å². The summed E-state index contributed by atoms with van der Waals surface area (Å²) in [5.74, 6) is 0.952. The SMILES string of the molecule is CNC(C)c1ccc(OC(C)c2ccccc2)c(C)c1. The second kappa shape index (κ2) is 6.58. The first-order valence-electron chi connectivity index (χ1n) is 7.11. The molecule has 0 amide bonds. The Bertz CT molecular complexity index is 551. The summed E-state index contributed by atoms with van der Waals surface area (Å²) in [6.45, 7) is 6.33. The van der Waals surface area contributed by atoms with E-state index in [0.717, 1.165) is 5.75 Å². The van der Waals surface area contributed by atoms with Crippen molar-refractivity contribution in [3.63, 3.8) is 0 Å². The summed E-state index contributed by atoms with van der Waals surface area (Å²) in [5, 5.41) is 3.25. The van der Waals surface area contributed by atoms with E-state index in [1.54, 1.807) is 0 Å². The lowest BCUT2D eigenvalue weighted by Crippen LogP contribution is -2.12. The standard InChI is InChI=1S/C18H23NO/c1-13-12-17(14(2)19-4)10-11-18(13)20-15(3)16-8-6-5-7-9-16/h5-12,14-15,19H,1-4H3. The average molecular weight is 269 g/mol. The molecule has 2 atom stereocenters. The van der Waals surface area contributed by atoms with Gasteiger partial charge in [0.25, 0.3) is 0 Å². The van der Waals surface area contributed by atoms with Crippen molar-refractivity contribution in [1.82, 2.24) is 5.32 Å². The molecule has 2 aromatic rings. The molecule has 106 valence electrons. The molecule has 20 heavy (non-hydrogen) atoms. The van der Waals surface area contributed by atoms with E-state index in [4.69, 9.17) is 4.74 Å². The Hall–Kier alpha value is -1.80. The molecule has 0 saturated heterocycles. The normalized spacial score (nSPS) is 13.8. The molecular weight excluding hydrogens is 246 g/mol. The fraction of sp³-hybridized carbons (Fsp3) is 0.333. The van der Waals surface area contributed by atoms with Gasteiger partial charge in [0.15, 0.2) is 0 Å². The van der Waals surface area contributed by atoms with Gasteiger partial charge in [-0.15, -0.1) is 0 Å². The summed E-state index contributed by atoms with van der Waals surface area (Å²) in [6, 6.07) is 17.0. The van der Waals surface area contributed by atoms with E-state index in [1.165, 1.54) is 16.7 Å². The van der Waals surface area contributed by atoms with E-state index in [9.17, 15) is 0 Å². The molecular formula is C18H23NO. The van der Waals surface area contributed by atoms with Crippen LogP contribution in [0.4, 0.5) is 0 Å². The Morgan fingerprint density at radius 3 is 2.25 bits per heavy atom. The Kier molecular flexibility index (Phi) is 4.80. The minimum Gasteiger partial charge on any atom is -0.486 e. The van der Waals surface area contributed by atoms with Gasteiger partial charge >= 0.3 is 0 Å².